The number of hydrogen-bond acceptors (Lipinski definition) is 5. The topological polar surface area (TPSA) is 85.4 Å². The van der Waals surface area contributed by atoms with Crippen LogP contribution in [0.25, 0.3) is 0 Å². The number of benzene rings is 2. The van der Waals surface area contributed by atoms with Crippen molar-refractivity contribution in [3.05, 3.63) is 71.4 Å². The van der Waals surface area contributed by atoms with Crippen LogP contribution in [0, 0.1) is 0 Å². The summed E-state index contributed by atoms with van der Waals surface area (Å²) in [6.07, 6.45) is 0.272. The van der Waals surface area contributed by atoms with Crippen molar-refractivity contribution in [3.8, 4) is 11.5 Å². The minimum Gasteiger partial charge on any atom is -0.457 e. The molecule has 37 heavy (non-hydrogen) atoms. The summed E-state index contributed by atoms with van der Waals surface area (Å²) in [5, 5.41) is 2.97. The van der Waals surface area contributed by atoms with Crippen LogP contribution < -0.4 is 10.1 Å². The molecule has 2 aromatic rings. The number of urea groups is 1. The van der Waals surface area contributed by atoms with Crippen LogP contribution in [0.4, 0.5) is 4.79 Å². The molecule has 0 bridgehead atoms. The molecule has 0 saturated carbocycles. The van der Waals surface area contributed by atoms with Gasteiger partial charge in [0.25, 0.3) is 5.91 Å². The molecule has 3 heterocycles. The molecule has 3 aliphatic heterocycles. The molecule has 2 aromatic carbocycles. The average molecular weight is 504 g/mol. The van der Waals surface area contributed by atoms with Crippen LogP contribution in [0.5, 0.6) is 11.5 Å². The van der Waals surface area contributed by atoms with Gasteiger partial charge in [-0.3, -0.25) is 14.5 Å². The Balaban J connectivity index is 1.29. The van der Waals surface area contributed by atoms with E-state index in [-0.39, 0.29) is 24.3 Å². The number of para-hydroxylation sites is 1. The Labute approximate surface area is 217 Å². The summed E-state index contributed by atoms with van der Waals surface area (Å²) in [4.78, 5) is 46.6. The van der Waals surface area contributed by atoms with E-state index in [1.165, 1.54) is 4.90 Å². The fourth-order valence-electron chi connectivity index (χ4n) is 5.14. The monoisotopic (exact) mass is 503 g/mol. The van der Waals surface area contributed by atoms with Gasteiger partial charge in [0.05, 0.1) is 23.9 Å². The lowest BCUT2D eigenvalue weighted by Gasteiger charge is -2.34. The van der Waals surface area contributed by atoms with Gasteiger partial charge in [-0.2, -0.15) is 0 Å². The lowest BCUT2D eigenvalue weighted by molar-refractivity contribution is -0.134. The minimum atomic E-state index is -0.589. The van der Waals surface area contributed by atoms with Crippen LogP contribution in [-0.4, -0.2) is 90.3 Å². The first-order chi connectivity index (χ1) is 17.9. The maximum absolute atomic E-state index is 13.5. The number of hydrogen-bond donors (Lipinski definition) is 1. The van der Waals surface area contributed by atoms with Gasteiger partial charge in [-0.25, -0.2) is 4.79 Å². The normalized spacial score (nSPS) is 20.3. The second-order valence-electron chi connectivity index (χ2n) is 9.58. The van der Waals surface area contributed by atoms with E-state index in [2.05, 4.69) is 17.1 Å². The SMILES string of the molecule is CCN1CCN(C(=O)CCN2CC3=C(C2=O)C(c2cccc(Oc4ccccc4)c2)NC(=O)N3C)CC1. The van der Waals surface area contributed by atoms with Crippen LogP contribution in [0.1, 0.15) is 24.9 Å². The van der Waals surface area contributed by atoms with Crippen LogP contribution >= 0.6 is 0 Å². The zero-order valence-corrected chi connectivity index (χ0v) is 21.4. The van der Waals surface area contributed by atoms with Gasteiger partial charge in [-0.1, -0.05) is 37.3 Å². The van der Waals surface area contributed by atoms with Gasteiger partial charge in [-0.15, -0.1) is 0 Å². The summed E-state index contributed by atoms with van der Waals surface area (Å²) in [6.45, 7) is 6.96. The van der Waals surface area contributed by atoms with E-state index in [1.807, 2.05) is 59.5 Å². The highest BCUT2D eigenvalue weighted by molar-refractivity contribution is 6.01. The molecule has 194 valence electrons. The summed E-state index contributed by atoms with van der Waals surface area (Å²) >= 11 is 0. The van der Waals surface area contributed by atoms with E-state index >= 15 is 0 Å². The molecule has 9 nitrogen and oxygen atoms in total. The number of likely N-dealkylation sites (N-methyl/N-ethyl adjacent to an activating group) is 2. The maximum atomic E-state index is 13.5. The molecule has 3 aliphatic rings. The largest absolute Gasteiger partial charge is 0.457 e. The fourth-order valence-corrected chi connectivity index (χ4v) is 5.14. The molecule has 1 unspecified atom stereocenters. The molecule has 4 amide bonds. The molecule has 9 heteroatoms. The molecule has 0 spiro atoms. The lowest BCUT2D eigenvalue weighted by atomic mass is 9.95. The zero-order chi connectivity index (χ0) is 25.9. The van der Waals surface area contributed by atoms with Crippen molar-refractivity contribution in [2.24, 2.45) is 0 Å². The Hall–Kier alpha value is -3.85. The molecule has 0 aliphatic carbocycles. The third-order valence-corrected chi connectivity index (χ3v) is 7.37. The summed E-state index contributed by atoms with van der Waals surface area (Å²) in [7, 11) is 1.67. The van der Waals surface area contributed by atoms with Crippen molar-refractivity contribution < 1.29 is 19.1 Å². The van der Waals surface area contributed by atoms with Crippen molar-refractivity contribution in [1.82, 2.24) is 24.9 Å². The van der Waals surface area contributed by atoms with Gasteiger partial charge in [0.1, 0.15) is 11.5 Å². The first kappa shape index (κ1) is 24.8. The summed E-state index contributed by atoms with van der Waals surface area (Å²) in [5.74, 6) is 1.24. The van der Waals surface area contributed by atoms with Crippen LogP contribution in [0.15, 0.2) is 65.9 Å². The van der Waals surface area contributed by atoms with E-state index in [4.69, 9.17) is 4.74 Å². The highest BCUT2D eigenvalue weighted by Crippen LogP contribution is 2.37. The highest BCUT2D eigenvalue weighted by atomic mass is 16.5. The first-order valence-corrected chi connectivity index (χ1v) is 12.8. The molecule has 1 atom stereocenters. The molecule has 1 fully saturated rings. The van der Waals surface area contributed by atoms with Crippen molar-refractivity contribution in [2.45, 2.75) is 19.4 Å². The Bertz CT molecular complexity index is 1210. The fraction of sp³-hybridized carbons (Fsp3) is 0.393. The summed E-state index contributed by atoms with van der Waals surface area (Å²) in [5.41, 5.74) is 1.99. The van der Waals surface area contributed by atoms with Crippen LogP contribution in [0.2, 0.25) is 0 Å². The van der Waals surface area contributed by atoms with Crippen molar-refractivity contribution in [1.29, 1.82) is 0 Å². The number of piperazine rings is 1. The molecule has 5 rings (SSSR count). The third kappa shape index (κ3) is 5.17. The van der Waals surface area contributed by atoms with E-state index in [0.29, 0.717) is 35.9 Å². The molecular weight excluding hydrogens is 470 g/mol. The second kappa shape index (κ2) is 10.6. The Morgan fingerprint density at radius 2 is 1.73 bits per heavy atom. The van der Waals surface area contributed by atoms with E-state index in [0.717, 1.165) is 38.3 Å². The predicted octanol–water partition coefficient (Wildman–Crippen LogP) is 2.83. The zero-order valence-electron chi connectivity index (χ0n) is 21.4. The number of rotatable bonds is 7. The molecule has 1 N–H and O–H groups in total. The number of amides is 4. The number of carbonyl (C=O) groups excluding carboxylic acids is 3. The highest BCUT2D eigenvalue weighted by Gasteiger charge is 2.43. The number of nitrogens with one attached hydrogen (secondary N) is 1. The van der Waals surface area contributed by atoms with Crippen molar-refractivity contribution in [3.63, 3.8) is 0 Å². The third-order valence-electron chi connectivity index (χ3n) is 7.37. The number of ether oxygens (including phenoxy) is 1. The Kier molecular flexibility index (Phi) is 7.14. The average Bonchev–Trinajstić information content (AvgIpc) is 3.26. The van der Waals surface area contributed by atoms with Crippen LogP contribution in [0.3, 0.4) is 0 Å². The summed E-state index contributed by atoms with van der Waals surface area (Å²) < 4.78 is 5.97. The molecule has 0 aromatic heterocycles. The van der Waals surface area contributed by atoms with Gasteiger partial charge < -0.3 is 24.8 Å². The number of carbonyl (C=O) groups is 3. The first-order valence-electron chi connectivity index (χ1n) is 12.8. The smallest absolute Gasteiger partial charge is 0.322 e. The van der Waals surface area contributed by atoms with Crippen molar-refractivity contribution in [2.75, 3.05) is 52.9 Å². The summed E-state index contributed by atoms with van der Waals surface area (Å²) in [6, 6.07) is 16.0. The lowest BCUT2D eigenvalue weighted by Crippen LogP contribution is -2.49. The minimum absolute atomic E-state index is 0.0679. The van der Waals surface area contributed by atoms with Crippen molar-refractivity contribution >= 4 is 17.8 Å². The molecule has 1 saturated heterocycles. The Morgan fingerprint density at radius 1 is 1.00 bits per heavy atom. The van der Waals surface area contributed by atoms with Crippen LogP contribution in [-0.2, 0) is 9.59 Å². The molecular formula is C28H33N5O4. The standard InChI is InChI=1S/C28H33N5O4/c1-3-31-14-16-32(17-15-31)24(34)12-13-33-19-23-25(27(33)35)26(29-28(36)30(23)2)20-8-7-11-22(18-20)37-21-9-5-4-6-10-21/h4-11,18,26H,3,12-17,19H2,1-2H3,(H,29,36). The van der Waals surface area contributed by atoms with Gasteiger partial charge in [-0.05, 0) is 36.4 Å². The van der Waals surface area contributed by atoms with E-state index < -0.39 is 6.04 Å². The number of nitrogens with zero attached hydrogens (tertiary/aromatic N) is 4. The second-order valence-corrected chi connectivity index (χ2v) is 9.58. The maximum Gasteiger partial charge on any atom is 0.322 e. The van der Waals surface area contributed by atoms with Gasteiger partial charge >= 0.3 is 6.03 Å². The van der Waals surface area contributed by atoms with Gasteiger partial charge in [0.2, 0.25) is 5.91 Å². The van der Waals surface area contributed by atoms with Gasteiger partial charge in [0, 0.05) is 46.2 Å². The predicted molar refractivity (Wildman–Crippen MR) is 139 cm³/mol. The quantitative estimate of drug-likeness (QED) is 0.628. The Morgan fingerprint density at radius 3 is 2.46 bits per heavy atom. The van der Waals surface area contributed by atoms with E-state index in [1.54, 1.807) is 11.9 Å². The molecule has 0 radical (unpaired) electrons. The van der Waals surface area contributed by atoms with Gasteiger partial charge in [0.15, 0.2) is 0 Å². The van der Waals surface area contributed by atoms with E-state index in [9.17, 15) is 14.4 Å².